The van der Waals surface area contributed by atoms with E-state index in [1.807, 2.05) is 13.8 Å². The Morgan fingerprint density at radius 3 is 2.27 bits per heavy atom. The molecule has 3 N–H and O–H groups in total. The lowest BCUT2D eigenvalue weighted by Gasteiger charge is -2.29. The Kier molecular flexibility index (Phi) is 8.85. The van der Waals surface area contributed by atoms with Gasteiger partial charge in [0.05, 0.1) is 18.3 Å². The number of carbonyl (C=O) groups is 3. The van der Waals surface area contributed by atoms with Crippen LogP contribution in [0.1, 0.15) is 74.1 Å². The Morgan fingerprint density at radius 2 is 1.75 bits per heavy atom. The van der Waals surface area contributed by atoms with Gasteiger partial charge >= 0.3 is 12.2 Å². The van der Waals surface area contributed by atoms with Gasteiger partial charge in [0.1, 0.15) is 23.6 Å². The topological polar surface area (TPSA) is 108 Å². The number of alkyl halides is 5. The summed E-state index contributed by atoms with van der Waals surface area (Å²) in [6.07, 6.45) is -3.73. The zero-order chi connectivity index (χ0) is 31.9. The summed E-state index contributed by atoms with van der Waals surface area (Å²) in [6.45, 7) is 2.79. The minimum atomic E-state index is -4.79. The fourth-order valence-corrected chi connectivity index (χ4v) is 6.02. The molecule has 0 unspecified atom stereocenters. The standard InChI is InChI=1S/C29H34F6N6O3/c1-14(2)41-20(9-10-36-41)26(42)39-25(24(15-3-4-15)16-5-6-16)27(43)37-19-8-7-17(11-18(19)30)21(12-23(31)32)40-13-22(29(33,34)35)38-28(40)44/h7-11,14-16,21-25H,3-6,12-13H2,1-2H3,(H,37,43)(H,38,44)(H,39,42)/t21-,22+,25-/m1/s1. The predicted molar refractivity (Wildman–Crippen MR) is 146 cm³/mol. The quantitative estimate of drug-likeness (QED) is 0.273. The van der Waals surface area contributed by atoms with Gasteiger partial charge in [-0.05, 0) is 81.0 Å². The minimum Gasteiger partial charge on any atom is -0.339 e. The minimum absolute atomic E-state index is 0.117. The second kappa shape index (κ2) is 12.3. The number of halogens is 6. The van der Waals surface area contributed by atoms with Crippen molar-refractivity contribution < 1.29 is 40.7 Å². The molecule has 0 bridgehead atoms. The molecule has 2 saturated carbocycles. The molecule has 4 amide bonds. The number of urea groups is 1. The van der Waals surface area contributed by atoms with Crippen molar-refractivity contribution in [3.8, 4) is 0 Å². The second-order valence-corrected chi connectivity index (χ2v) is 12.0. The molecule has 9 nitrogen and oxygen atoms in total. The molecule has 0 radical (unpaired) electrons. The van der Waals surface area contributed by atoms with E-state index in [0.717, 1.165) is 37.8 Å². The maximum absolute atomic E-state index is 15.4. The molecule has 0 spiro atoms. The van der Waals surface area contributed by atoms with Crippen LogP contribution in [-0.4, -0.2) is 63.8 Å². The van der Waals surface area contributed by atoms with Gasteiger partial charge in [0.15, 0.2) is 0 Å². The summed E-state index contributed by atoms with van der Waals surface area (Å²) in [6, 6.07) is -1.43. The van der Waals surface area contributed by atoms with Gasteiger partial charge in [-0.2, -0.15) is 18.3 Å². The molecule has 240 valence electrons. The van der Waals surface area contributed by atoms with Crippen LogP contribution in [0.5, 0.6) is 0 Å². The average Bonchev–Trinajstić information content (AvgIpc) is 3.87. The highest BCUT2D eigenvalue weighted by molar-refractivity contribution is 6.01. The van der Waals surface area contributed by atoms with Crippen molar-refractivity contribution in [3.63, 3.8) is 0 Å². The Bertz CT molecular complexity index is 1380. The number of benzene rings is 1. The third kappa shape index (κ3) is 6.96. The zero-order valence-corrected chi connectivity index (χ0v) is 24.1. The van der Waals surface area contributed by atoms with Gasteiger partial charge < -0.3 is 20.9 Å². The van der Waals surface area contributed by atoms with Crippen LogP contribution in [-0.2, 0) is 4.79 Å². The fraction of sp³-hybridized carbons (Fsp3) is 0.586. The molecule has 1 aliphatic heterocycles. The Hall–Kier alpha value is -3.78. The van der Waals surface area contributed by atoms with Gasteiger partial charge in [0.25, 0.3) is 5.91 Å². The second-order valence-electron chi connectivity index (χ2n) is 12.0. The third-order valence-electron chi connectivity index (χ3n) is 8.43. The molecule has 15 heteroatoms. The van der Waals surface area contributed by atoms with Gasteiger partial charge in [0.2, 0.25) is 12.3 Å². The lowest BCUT2D eigenvalue weighted by atomic mass is 9.88. The third-order valence-corrected chi connectivity index (χ3v) is 8.43. The maximum atomic E-state index is 15.4. The summed E-state index contributed by atoms with van der Waals surface area (Å²) in [5, 5.41) is 11.3. The van der Waals surface area contributed by atoms with Crippen LogP contribution in [0.2, 0.25) is 0 Å². The molecular weight excluding hydrogens is 594 g/mol. The first kappa shape index (κ1) is 31.6. The molecule has 1 aromatic carbocycles. The van der Waals surface area contributed by atoms with Crippen molar-refractivity contribution in [1.82, 2.24) is 25.3 Å². The SMILES string of the molecule is CC(C)n1nccc1C(=O)N[C@@H](C(=O)Nc1ccc([C@@H](CC(F)F)N2C[C@@H](C(F)(F)F)NC2=O)cc1F)C(C1CC1)C1CC1. The van der Waals surface area contributed by atoms with E-state index in [9.17, 15) is 36.3 Å². The lowest BCUT2D eigenvalue weighted by molar-refractivity contribution is -0.150. The van der Waals surface area contributed by atoms with Crippen molar-refractivity contribution in [3.05, 3.63) is 47.5 Å². The molecule has 2 heterocycles. The molecule has 2 aliphatic carbocycles. The molecular formula is C29H34F6N6O3. The lowest BCUT2D eigenvalue weighted by Crippen LogP contribution is -2.50. The van der Waals surface area contributed by atoms with E-state index in [1.165, 1.54) is 16.9 Å². The van der Waals surface area contributed by atoms with Crippen molar-refractivity contribution in [2.45, 2.75) is 82.7 Å². The van der Waals surface area contributed by atoms with E-state index in [2.05, 4.69) is 15.7 Å². The molecule has 5 rings (SSSR count). The normalized spacial score (nSPS) is 20.3. The van der Waals surface area contributed by atoms with Crippen molar-refractivity contribution in [2.75, 3.05) is 11.9 Å². The number of hydrogen-bond acceptors (Lipinski definition) is 4. The van der Waals surface area contributed by atoms with Gasteiger partial charge in [-0.1, -0.05) is 6.07 Å². The number of carbonyl (C=O) groups excluding carboxylic acids is 3. The molecule has 44 heavy (non-hydrogen) atoms. The van der Waals surface area contributed by atoms with Gasteiger partial charge in [0, 0.05) is 18.7 Å². The predicted octanol–water partition coefficient (Wildman–Crippen LogP) is 5.43. The van der Waals surface area contributed by atoms with Crippen LogP contribution in [0.4, 0.5) is 36.8 Å². The van der Waals surface area contributed by atoms with Gasteiger partial charge in [-0.3, -0.25) is 14.3 Å². The zero-order valence-electron chi connectivity index (χ0n) is 24.1. The van der Waals surface area contributed by atoms with Crippen molar-refractivity contribution >= 4 is 23.5 Å². The number of rotatable bonds is 12. The van der Waals surface area contributed by atoms with E-state index in [-0.39, 0.29) is 40.7 Å². The van der Waals surface area contributed by atoms with E-state index < -0.39 is 67.4 Å². The maximum Gasteiger partial charge on any atom is 0.410 e. The fourth-order valence-electron chi connectivity index (χ4n) is 6.02. The van der Waals surface area contributed by atoms with E-state index in [1.54, 1.807) is 11.4 Å². The molecule has 1 saturated heterocycles. The Labute approximate surface area is 249 Å². The van der Waals surface area contributed by atoms with Crippen LogP contribution >= 0.6 is 0 Å². The first-order chi connectivity index (χ1) is 20.7. The highest BCUT2D eigenvalue weighted by atomic mass is 19.4. The number of hydrogen-bond donors (Lipinski definition) is 3. The summed E-state index contributed by atoms with van der Waals surface area (Å²) in [4.78, 5) is 39.9. The van der Waals surface area contributed by atoms with Crippen molar-refractivity contribution in [2.24, 2.45) is 17.8 Å². The van der Waals surface area contributed by atoms with Crippen LogP contribution in [0, 0.1) is 23.6 Å². The van der Waals surface area contributed by atoms with Crippen molar-refractivity contribution in [1.29, 1.82) is 0 Å². The highest BCUT2D eigenvalue weighted by Crippen LogP contribution is 2.51. The first-order valence-electron chi connectivity index (χ1n) is 14.6. The number of amides is 4. The number of anilines is 1. The average molecular weight is 629 g/mol. The largest absolute Gasteiger partial charge is 0.410 e. The first-order valence-corrected chi connectivity index (χ1v) is 14.6. The van der Waals surface area contributed by atoms with Crippen LogP contribution in [0.15, 0.2) is 30.5 Å². The van der Waals surface area contributed by atoms with E-state index in [4.69, 9.17) is 0 Å². The molecule has 3 fully saturated rings. The molecule has 3 aliphatic rings. The Balaban J connectivity index is 1.37. The summed E-state index contributed by atoms with van der Waals surface area (Å²) in [5.41, 5.74) is -0.188. The number of nitrogens with one attached hydrogen (secondary N) is 3. The molecule has 1 aromatic heterocycles. The summed E-state index contributed by atoms with van der Waals surface area (Å²) < 4.78 is 83.4. The van der Waals surface area contributed by atoms with Crippen LogP contribution in [0.25, 0.3) is 0 Å². The summed E-state index contributed by atoms with van der Waals surface area (Å²) in [7, 11) is 0. The van der Waals surface area contributed by atoms with Gasteiger partial charge in [-0.15, -0.1) is 0 Å². The van der Waals surface area contributed by atoms with Gasteiger partial charge in [-0.25, -0.2) is 18.0 Å². The monoisotopic (exact) mass is 628 g/mol. The van der Waals surface area contributed by atoms with Crippen LogP contribution < -0.4 is 16.0 Å². The van der Waals surface area contributed by atoms with E-state index in [0.29, 0.717) is 4.90 Å². The van der Waals surface area contributed by atoms with Crippen LogP contribution in [0.3, 0.4) is 0 Å². The smallest absolute Gasteiger partial charge is 0.339 e. The summed E-state index contributed by atoms with van der Waals surface area (Å²) >= 11 is 0. The number of aromatic nitrogens is 2. The molecule has 2 aromatic rings. The highest BCUT2D eigenvalue weighted by Gasteiger charge is 2.50. The Morgan fingerprint density at radius 1 is 1.09 bits per heavy atom. The summed E-state index contributed by atoms with van der Waals surface area (Å²) in [5.74, 6) is -1.90. The van der Waals surface area contributed by atoms with E-state index >= 15 is 4.39 Å². The molecule has 3 atom stereocenters. The number of nitrogens with zero attached hydrogens (tertiary/aromatic N) is 3.